The molecular weight excluding hydrogens is 362 g/mol. The molecule has 4 rings (SSSR count). The second-order valence-electron chi connectivity index (χ2n) is 6.23. The van der Waals surface area contributed by atoms with Crippen LogP contribution in [0.15, 0.2) is 47.8 Å². The number of thiazole rings is 2. The van der Waals surface area contributed by atoms with Gasteiger partial charge in [-0.25, -0.2) is 9.97 Å². The van der Waals surface area contributed by atoms with E-state index in [4.69, 9.17) is 0 Å². The van der Waals surface area contributed by atoms with Crippen LogP contribution in [-0.4, -0.2) is 15.9 Å². The Bertz CT molecular complexity index is 1080. The molecule has 4 nitrogen and oxygen atoms in total. The number of nitrogens with one attached hydrogen (secondary N) is 1. The second-order valence-corrected chi connectivity index (χ2v) is 8.11. The second kappa shape index (κ2) is 6.97. The van der Waals surface area contributed by atoms with Gasteiger partial charge in [-0.3, -0.25) is 4.79 Å². The summed E-state index contributed by atoms with van der Waals surface area (Å²) in [6.45, 7) is 4.11. The van der Waals surface area contributed by atoms with Gasteiger partial charge in [-0.1, -0.05) is 47.2 Å². The van der Waals surface area contributed by atoms with Crippen LogP contribution in [0.25, 0.3) is 20.8 Å². The summed E-state index contributed by atoms with van der Waals surface area (Å²) in [5.74, 6) is -0.0958. The Kier molecular flexibility index (Phi) is 4.53. The summed E-state index contributed by atoms with van der Waals surface area (Å²) in [6.07, 6.45) is 0.247. The van der Waals surface area contributed by atoms with E-state index in [0.717, 1.165) is 26.5 Å². The van der Waals surface area contributed by atoms with Gasteiger partial charge in [0.15, 0.2) is 5.13 Å². The average Bonchev–Trinajstić information content (AvgIpc) is 3.21. The van der Waals surface area contributed by atoms with Gasteiger partial charge in [0.1, 0.15) is 5.01 Å². The van der Waals surface area contributed by atoms with Crippen molar-refractivity contribution < 1.29 is 4.79 Å². The zero-order chi connectivity index (χ0) is 18.1. The fourth-order valence-electron chi connectivity index (χ4n) is 2.63. The lowest BCUT2D eigenvalue weighted by atomic mass is 10.2. The molecule has 0 saturated heterocycles. The Morgan fingerprint density at radius 3 is 2.62 bits per heavy atom. The first-order valence-corrected chi connectivity index (χ1v) is 9.95. The number of nitrogens with zero attached hydrogens (tertiary/aromatic N) is 2. The number of carbonyl (C=O) groups is 1. The number of aromatic nitrogens is 2. The fraction of sp³-hybridized carbons (Fsp3) is 0.150. The number of carbonyl (C=O) groups excluding carboxylic acids is 1. The van der Waals surface area contributed by atoms with Gasteiger partial charge in [0.2, 0.25) is 5.91 Å². The van der Waals surface area contributed by atoms with E-state index in [1.807, 2.05) is 24.4 Å². The van der Waals surface area contributed by atoms with E-state index in [2.05, 4.69) is 52.5 Å². The first-order valence-electron chi connectivity index (χ1n) is 8.25. The maximum atomic E-state index is 12.3. The Morgan fingerprint density at radius 2 is 1.81 bits per heavy atom. The predicted octanol–water partition coefficient (Wildman–Crippen LogP) is 5.22. The lowest BCUT2D eigenvalue weighted by molar-refractivity contribution is -0.115. The molecule has 26 heavy (non-hydrogen) atoms. The van der Waals surface area contributed by atoms with Crippen molar-refractivity contribution in [2.45, 2.75) is 20.3 Å². The summed E-state index contributed by atoms with van der Waals surface area (Å²) in [7, 11) is 0. The molecule has 0 unspecified atom stereocenters. The lowest BCUT2D eigenvalue weighted by Gasteiger charge is -1.99. The minimum Gasteiger partial charge on any atom is -0.302 e. The van der Waals surface area contributed by atoms with Crippen LogP contribution in [0.5, 0.6) is 0 Å². The van der Waals surface area contributed by atoms with Gasteiger partial charge in [0.25, 0.3) is 0 Å². The topological polar surface area (TPSA) is 54.9 Å². The van der Waals surface area contributed by atoms with Crippen LogP contribution in [0.3, 0.4) is 0 Å². The van der Waals surface area contributed by atoms with E-state index in [0.29, 0.717) is 5.13 Å². The standard InChI is InChI=1S/C20H17N3OS2/c1-12-3-6-14(7-4-12)19-21-15(11-25-19)10-18(24)23-20-22-16-8-5-13(2)9-17(16)26-20/h3-9,11H,10H2,1-2H3,(H,22,23,24). The fourth-order valence-corrected chi connectivity index (χ4v) is 4.44. The largest absolute Gasteiger partial charge is 0.302 e. The maximum Gasteiger partial charge on any atom is 0.232 e. The van der Waals surface area contributed by atoms with E-state index in [1.54, 1.807) is 11.3 Å². The minimum atomic E-state index is -0.0958. The van der Waals surface area contributed by atoms with Gasteiger partial charge in [-0.05, 0) is 31.5 Å². The van der Waals surface area contributed by atoms with E-state index < -0.39 is 0 Å². The van der Waals surface area contributed by atoms with Crippen LogP contribution in [0.1, 0.15) is 16.8 Å². The molecule has 130 valence electrons. The van der Waals surface area contributed by atoms with Crippen molar-refractivity contribution in [3.63, 3.8) is 0 Å². The average molecular weight is 380 g/mol. The van der Waals surface area contributed by atoms with Gasteiger partial charge in [0.05, 0.1) is 22.3 Å². The molecule has 0 saturated carbocycles. The molecule has 2 aromatic heterocycles. The van der Waals surface area contributed by atoms with Gasteiger partial charge < -0.3 is 5.32 Å². The highest BCUT2D eigenvalue weighted by Gasteiger charge is 2.12. The van der Waals surface area contributed by atoms with E-state index in [-0.39, 0.29) is 12.3 Å². The molecule has 0 aliphatic rings. The van der Waals surface area contributed by atoms with Gasteiger partial charge >= 0.3 is 0 Å². The summed E-state index contributed by atoms with van der Waals surface area (Å²) >= 11 is 3.05. The van der Waals surface area contributed by atoms with Gasteiger partial charge in [0, 0.05) is 10.9 Å². The predicted molar refractivity (Wildman–Crippen MR) is 109 cm³/mol. The monoisotopic (exact) mass is 379 g/mol. The van der Waals surface area contributed by atoms with Gasteiger partial charge in [-0.2, -0.15) is 0 Å². The highest BCUT2D eigenvalue weighted by Crippen LogP contribution is 2.27. The van der Waals surface area contributed by atoms with Crippen molar-refractivity contribution >= 4 is 43.9 Å². The van der Waals surface area contributed by atoms with Crippen molar-refractivity contribution in [1.29, 1.82) is 0 Å². The molecule has 0 spiro atoms. The van der Waals surface area contributed by atoms with Crippen LogP contribution in [0.4, 0.5) is 5.13 Å². The smallest absolute Gasteiger partial charge is 0.232 e. The third kappa shape index (κ3) is 3.66. The maximum absolute atomic E-state index is 12.3. The Morgan fingerprint density at radius 1 is 1.04 bits per heavy atom. The Hall–Kier alpha value is -2.57. The van der Waals surface area contributed by atoms with Crippen molar-refractivity contribution in [1.82, 2.24) is 9.97 Å². The zero-order valence-electron chi connectivity index (χ0n) is 14.4. The summed E-state index contributed by atoms with van der Waals surface area (Å²) < 4.78 is 1.08. The number of benzene rings is 2. The number of anilines is 1. The minimum absolute atomic E-state index is 0.0958. The van der Waals surface area contributed by atoms with E-state index in [1.165, 1.54) is 22.5 Å². The molecule has 1 N–H and O–H groups in total. The van der Waals surface area contributed by atoms with Crippen molar-refractivity contribution in [3.05, 3.63) is 64.7 Å². The van der Waals surface area contributed by atoms with Crippen LogP contribution in [0.2, 0.25) is 0 Å². The normalized spacial score (nSPS) is 11.0. The molecule has 0 radical (unpaired) electrons. The molecular formula is C20H17N3OS2. The highest BCUT2D eigenvalue weighted by atomic mass is 32.1. The van der Waals surface area contributed by atoms with Crippen LogP contribution < -0.4 is 5.32 Å². The quantitative estimate of drug-likeness (QED) is 0.529. The van der Waals surface area contributed by atoms with Crippen LogP contribution >= 0.6 is 22.7 Å². The molecule has 0 aliphatic heterocycles. The molecule has 2 aromatic carbocycles. The molecule has 2 heterocycles. The van der Waals surface area contributed by atoms with Crippen LogP contribution in [-0.2, 0) is 11.2 Å². The van der Waals surface area contributed by atoms with Crippen LogP contribution in [0, 0.1) is 13.8 Å². The number of fused-ring (bicyclic) bond motifs is 1. The molecule has 0 bridgehead atoms. The number of hydrogen-bond acceptors (Lipinski definition) is 5. The highest BCUT2D eigenvalue weighted by molar-refractivity contribution is 7.22. The molecule has 0 atom stereocenters. The SMILES string of the molecule is Cc1ccc(-c2nc(CC(=O)Nc3nc4ccc(C)cc4s3)cs2)cc1. The zero-order valence-corrected chi connectivity index (χ0v) is 16.1. The first-order chi connectivity index (χ1) is 12.6. The molecule has 0 fully saturated rings. The summed E-state index contributed by atoms with van der Waals surface area (Å²) in [5, 5.41) is 6.39. The summed E-state index contributed by atoms with van der Waals surface area (Å²) in [6, 6.07) is 14.3. The third-order valence-corrected chi connectivity index (χ3v) is 5.86. The van der Waals surface area contributed by atoms with Crippen molar-refractivity contribution in [2.75, 3.05) is 5.32 Å². The van der Waals surface area contributed by atoms with E-state index >= 15 is 0 Å². The van der Waals surface area contributed by atoms with Crippen molar-refractivity contribution in [3.8, 4) is 10.6 Å². The van der Waals surface area contributed by atoms with Crippen molar-refractivity contribution in [2.24, 2.45) is 0 Å². The van der Waals surface area contributed by atoms with Gasteiger partial charge in [-0.15, -0.1) is 11.3 Å². The number of hydrogen-bond donors (Lipinski definition) is 1. The molecule has 1 amide bonds. The first kappa shape index (κ1) is 16.9. The summed E-state index contributed by atoms with van der Waals surface area (Å²) in [5.41, 5.74) is 5.17. The third-order valence-electron chi connectivity index (χ3n) is 3.98. The number of rotatable bonds is 4. The number of amides is 1. The molecule has 6 heteroatoms. The number of aryl methyl sites for hydroxylation is 2. The summed E-state index contributed by atoms with van der Waals surface area (Å²) in [4.78, 5) is 21.4. The Balaban J connectivity index is 1.45. The molecule has 0 aliphatic carbocycles. The Labute approximate surface area is 159 Å². The lowest BCUT2D eigenvalue weighted by Crippen LogP contribution is -2.14. The molecule has 4 aromatic rings. The van der Waals surface area contributed by atoms with E-state index in [9.17, 15) is 4.79 Å².